The van der Waals surface area contributed by atoms with Crippen LogP contribution in [-0.2, 0) is 4.79 Å². The molecule has 1 saturated heterocycles. The molecule has 1 N–H and O–H groups in total. The summed E-state index contributed by atoms with van der Waals surface area (Å²) in [6, 6.07) is 15.2. The molecule has 2 fully saturated rings. The van der Waals surface area contributed by atoms with Gasteiger partial charge >= 0.3 is 0 Å². The second-order valence-electron chi connectivity index (χ2n) is 7.09. The Labute approximate surface area is 167 Å². The van der Waals surface area contributed by atoms with E-state index in [4.69, 9.17) is 0 Å². The van der Waals surface area contributed by atoms with Crippen molar-refractivity contribution in [1.82, 2.24) is 4.90 Å². The summed E-state index contributed by atoms with van der Waals surface area (Å²) in [5.41, 5.74) is 2.49. The van der Waals surface area contributed by atoms with Crippen LogP contribution in [0.25, 0.3) is 0 Å². The third-order valence-electron chi connectivity index (χ3n) is 5.11. The lowest BCUT2D eigenvalue weighted by Crippen LogP contribution is -2.49. The van der Waals surface area contributed by atoms with Crippen molar-refractivity contribution in [2.45, 2.75) is 12.8 Å². The highest BCUT2D eigenvalue weighted by Crippen LogP contribution is 2.31. The summed E-state index contributed by atoms with van der Waals surface area (Å²) in [5.74, 6) is 0.499. The summed E-state index contributed by atoms with van der Waals surface area (Å²) in [4.78, 5) is 28.8. The number of halogens is 1. The van der Waals surface area contributed by atoms with E-state index in [0.29, 0.717) is 17.4 Å². The Morgan fingerprint density at radius 3 is 2.11 bits per heavy atom. The zero-order valence-electron chi connectivity index (χ0n) is 15.0. The van der Waals surface area contributed by atoms with E-state index in [2.05, 4.69) is 26.1 Å². The lowest BCUT2D eigenvalue weighted by molar-refractivity contribution is -0.132. The molecular weight excluding hydrogens is 406 g/mol. The molecule has 0 aromatic heterocycles. The highest BCUT2D eigenvalue weighted by Gasteiger charge is 2.34. The van der Waals surface area contributed by atoms with Gasteiger partial charge in [0.05, 0.1) is 0 Å². The molecule has 1 aliphatic heterocycles. The Morgan fingerprint density at radius 2 is 1.52 bits per heavy atom. The maximum atomic E-state index is 12.4. The van der Waals surface area contributed by atoms with Gasteiger partial charge in [-0.25, -0.2) is 0 Å². The van der Waals surface area contributed by atoms with Crippen LogP contribution in [0.4, 0.5) is 11.4 Å². The van der Waals surface area contributed by atoms with Crippen LogP contribution >= 0.6 is 15.9 Å². The Morgan fingerprint density at radius 1 is 0.889 bits per heavy atom. The quantitative estimate of drug-likeness (QED) is 0.807. The SMILES string of the molecule is O=C(Nc1ccc(Br)cc1)c1ccc(N2CCN(C(=O)C3CC3)CC2)cc1. The minimum absolute atomic E-state index is 0.122. The molecule has 0 unspecified atom stereocenters. The number of rotatable bonds is 4. The van der Waals surface area contributed by atoms with E-state index in [1.54, 1.807) is 0 Å². The first-order valence-electron chi connectivity index (χ1n) is 9.31. The average molecular weight is 428 g/mol. The van der Waals surface area contributed by atoms with Crippen molar-refractivity contribution in [3.05, 3.63) is 58.6 Å². The first-order chi connectivity index (χ1) is 13.1. The van der Waals surface area contributed by atoms with E-state index in [0.717, 1.165) is 54.9 Å². The number of carbonyl (C=O) groups is 2. The molecule has 140 valence electrons. The monoisotopic (exact) mass is 427 g/mol. The molecule has 1 saturated carbocycles. The normalized spacial score (nSPS) is 16.9. The predicted molar refractivity (Wildman–Crippen MR) is 110 cm³/mol. The van der Waals surface area contributed by atoms with Gasteiger partial charge in [0.15, 0.2) is 0 Å². The number of hydrogen-bond donors (Lipinski definition) is 1. The zero-order chi connectivity index (χ0) is 18.8. The number of nitrogens with one attached hydrogen (secondary N) is 1. The van der Waals surface area contributed by atoms with Gasteiger partial charge in [0, 0.05) is 53.5 Å². The van der Waals surface area contributed by atoms with Crippen molar-refractivity contribution in [2.24, 2.45) is 5.92 Å². The summed E-state index contributed by atoms with van der Waals surface area (Å²) in [5, 5.41) is 2.90. The molecule has 6 heteroatoms. The summed E-state index contributed by atoms with van der Waals surface area (Å²) in [6.07, 6.45) is 2.12. The van der Waals surface area contributed by atoms with E-state index < -0.39 is 0 Å². The van der Waals surface area contributed by atoms with Crippen LogP contribution < -0.4 is 10.2 Å². The van der Waals surface area contributed by atoms with Crippen LogP contribution in [0.1, 0.15) is 23.2 Å². The molecule has 1 aliphatic carbocycles. The van der Waals surface area contributed by atoms with Crippen molar-refractivity contribution in [3.8, 4) is 0 Å². The maximum absolute atomic E-state index is 12.4. The maximum Gasteiger partial charge on any atom is 0.255 e. The standard InChI is InChI=1S/C21H22BrN3O2/c22-17-5-7-18(8-6-17)23-20(26)15-3-9-19(10-4-15)24-11-13-25(14-12-24)21(27)16-1-2-16/h3-10,16H,1-2,11-14H2,(H,23,26). The lowest BCUT2D eigenvalue weighted by atomic mass is 10.1. The van der Waals surface area contributed by atoms with Gasteiger partial charge in [0.25, 0.3) is 5.91 Å². The van der Waals surface area contributed by atoms with Crippen molar-refractivity contribution in [1.29, 1.82) is 0 Å². The van der Waals surface area contributed by atoms with Crippen LogP contribution in [0.15, 0.2) is 53.0 Å². The molecule has 2 amide bonds. The Balaban J connectivity index is 1.34. The first kappa shape index (κ1) is 18.0. The molecule has 2 aromatic carbocycles. The summed E-state index contributed by atoms with van der Waals surface area (Å²) < 4.78 is 0.976. The second-order valence-corrected chi connectivity index (χ2v) is 8.01. The fraction of sp³-hybridized carbons (Fsp3) is 0.333. The summed E-state index contributed by atoms with van der Waals surface area (Å²) in [7, 11) is 0. The molecule has 0 spiro atoms. The van der Waals surface area contributed by atoms with Crippen LogP contribution in [0.2, 0.25) is 0 Å². The lowest BCUT2D eigenvalue weighted by Gasteiger charge is -2.36. The third kappa shape index (κ3) is 4.33. The van der Waals surface area contributed by atoms with Gasteiger partial charge in [-0.05, 0) is 61.4 Å². The van der Waals surface area contributed by atoms with Gasteiger partial charge in [-0.3, -0.25) is 9.59 Å². The molecular formula is C21H22BrN3O2. The Kier molecular flexibility index (Phi) is 5.16. The first-order valence-corrected chi connectivity index (χ1v) is 10.1. The van der Waals surface area contributed by atoms with Crippen molar-refractivity contribution >= 4 is 39.1 Å². The highest BCUT2D eigenvalue weighted by atomic mass is 79.9. The summed E-state index contributed by atoms with van der Waals surface area (Å²) >= 11 is 3.38. The molecule has 1 heterocycles. The van der Waals surface area contributed by atoms with E-state index in [1.807, 2.05) is 53.4 Å². The average Bonchev–Trinajstić information content (AvgIpc) is 3.55. The minimum Gasteiger partial charge on any atom is -0.368 e. The Hall–Kier alpha value is -2.34. The number of benzene rings is 2. The minimum atomic E-state index is -0.122. The Bertz CT molecular complexity index is 824. The number of anilines is 2. The fourth-order valence-corrected chi connectivity index (χ4v) is 3.60. The number of nitrogens with zero attached hydrogens (tertiary/aromatic N) is 2. The predicted octanol–water partition coefficient (Wildman–Crippen LogP) is 3.76. The van der Waals surface area contributed by atoms with Crippen LogP contribution in [0, 0.1) is 5.92 Å². The number of piperazine rings is 1. The smallest absolute Gasteiger partial charge is 0.255 e. The van der Waals surface area contributed by atoms with Gasteiger partial charge in [-0.2, -0.15) is 0 Å². The molecule has 0 atom stereocenters. The molecule has 4 rings (SSSR count). The molecule has 27 heavy (non-hydrogen) atoms. The molecule has 2 aromatic rings. The zero-order valence-corrected chi connectivity index (χ0v) is 16.6. The van der Waals surface area contributed by atoms with Crippen LogP contribution in [0.3, 0.4) is 0 Å². The largest absolute Gasteiger partial charge is 0.368 e. The number of amides is 2. The molecule has 0 bridgehead atoms. The molecule has 0 radical (unpaired) electrons. The van der Waals surface area contributed by atoms with Gasteiger partial charge in [0.2, 0.25) is 5.91 Å². The van der Waals surface area contributed by atoms with Gasteiger partial charge in [-0.15, -0.1) is 0 Å². The van der Waals surface area contributed by atoms with Gasteiger partial charge in [-0.1, -0.05) is 15.9 Å². The van der Waals surface area contributed by atoms with E-state index in [1.165, 1.54) is 0 Å². The van der Waals surface area contributed by atoms with Gasteiger partial charge < -0.3 is 15.1 Å². The fourth-order valence-electron chi connectivity index (χ4n) is 3.33. The van der Waals surface area contributed by atoms with Crippen molar-refractivity contribution < 1.29 is 9.59 Å². The van der Waals surface area contributed by atoms with E-state index >= 15 is 0 Å². The topological polar surface area (TPSA) is 52.7 Å². The van der Waals surface area contributed by atoms with E-state index in [-0.39, 0.29) is 5.91 Å². The highest BCUT2D eigenvalue weighted by molar-refractivity contribution is 9.10. The number of carbonyl (C=O) groups excluding carboxylic acids is 2. The third-order valence-corrected chi connectivity index (χ3v) is 5.64. The summed E-state index contributed by atoms with van der Waals surface area (Å²) in [6.45, 7) is 3.23. The van der Waals surface area contributed by atoms with Crippen molar-refractivity contribution in [3.63, 3.8) is 0 Å². The van der Waals surface area contributed by atoms with Crippen LogP contribution in [-0.4, -0.2) is 42.9 Å². The number of hydrogen-bond acceptors (Lipinski definition) is 3. The van der Waals surface area contributed by atoms with Crippen molar-refractivity contribution in [2.75, 3.05) is 36.4 Å². The van der Waals surface area contributed by atoms with Gasteiger partial charge in [0.1, 0.15) is 0 Å². The second kappa shape index (κ2) is 7.72. The van der Waals surface area contributed by atoms with Crippen LogP contribution in [0.5, 0.6) is 0 Å². The molecule has 2 aliphatic rings. The van der Waals surface area contributed by atoms with E-state index in [9.17, 15) is 9.59 Å². The molecule has 5 nitrogen and oxygen atoms in total.